The van der Waals surface area contributed by atoms with Gasteiger partial charge in [-0.2, -0.15) is 0 Å². The van der Waals surface area contributed by atoms with Crippen molar-refractivity contribution in [3.63, 3.8) is 0 Å². The lowest BCUT2D eigenvalue weighted by atomic mass is 10.1. The van der Waals surface area contributed by atoms with Crippen LogP contribution < -0.4 is 4.90 Å². The molecular formula is C18H29N3O2. The monoisotopic (exact) mass is 319 g/mol. The predicted octanol–water partition coefficient (Wildman–Crippen LogP) is 4.00. The second kappa shape index (κ2) is 7.30. The van der Waals surface area contributed by atoms with Gasteiger partial charge in [0.2, 0.25) is 0 Å². The summed E-state index contributed by atoms with van der Waals surface area (Å²) in [6.45, 7) is 9.41. The predicted molar refractivity (Wildman–Crippen MR) is 92.7 cm³/mol. The molecule has 0 N–H and O–H groups in total. The summed E-state index contributed by atoms with van der Waals surface area (Å²) < 4.78 is 5.58. The van der Waals surface area contributed by atoms with Crippen LogP contribution in [0.25, 0.3) is 0 Å². The number of likely N-dealkylation sites (tertiary alicyclic amines) is 1. The van der Waals surface area contributed by atoms with Crippen LogP contribution >= 0.6 is 0 Å². The summed E-state index contributed by atoms with van der Waals surface area (Å²) in [4.78, 5) is 21.2. The van der Waals surface area contributed by atoms with Crippen LogP contribution in [0.15, 0.2) is 18.3 Å². The van der Waals surface area contributed by atoms with Crippen molar-refractivity contribution < 1.29 is 9.53 Å². The average Bonchev–Trinajstić information content (AvgIpc) is 2.89. The van der Waals surface area contributed by atoms with Crippen LogP contribution in [0.1, 0.15) is 58.6 Å². The van der Waals surface area contributed by atoms with Crippen molar-refractivity contribution in [2.75, 3.05) is 25.0 Å². The van der Waals surface area contributed by atoms with Gasteiger partial charge in [-0.25, -0.2) is 9.78 Å². The number of carbonyl (C=O) groups is 1. The standard InChI is InChI=1S/C18H29N3O2/c1-6-12-21(17(22)23-18(2,3)4)16-14(9-7-11-19-16)15-10-8-13-20(15)5/h7,9,11,15H,6,8,10,12-13H2,1-5H3/t15-/m0/s1. The molecule has 0 saturated carbocycles. The molecule has 5 nitrogen and oxygen atoms in total. The first-order valence-electron chi connectivity index (χ1n) is 8.49. The van der Waals surface area contributed by atoms with Crippen LogP contribution in [0.5, 0.6) is 0 Å². The van der Waals surface area contributed by atoms with E-state index in [4.69, 9.17) is 4.74 Å². The van der Waals surface area contributed by atoms with E-state index in [1.54, 1.807) is 11.1 Å². The Kier molecular flexibility index (Phi) is 5.63. The highest BCUT2D eigenvalue weighted by atomic mass is 16.6. The third kappa shape index (κ3) is 4.44. The first-order chi connectivity index (χ1) is 10.8. The maximum atomic E-state index is 12.6. The molecule has 2 heterocycles. The topological polar surface area (TPSA) is 45.7 Å². The molecule has 1 amide bonds. The number of aromatic nitrogens is 1. The van der Waals surface area contributed by atoms with Crippen LogP contribution in [0, 0.1) is 0 Å². The van der Waals surface area contributed by atoms with Crippen molar-refractivity contribution >= 4 is 11.9 Å². The van der Waals surface area contributed by atoms with Gasteiger partial charge in [-0.15, -0.1) is 0 Å². The Morgan fingerprint density at radius 1 is 1.48 bits per heavy atom. The molecule has 0 unspecified atom stereocenters. The molecule has 1 fully saturated rings. The second-order valence-corrected chi connectivity index (χ2v) is 7.19. The van der Waals surface area contributed by atoms with E-state index in [1.165, 1.54) is 6.42 Å². The number of rotatable bonds is 4. The van der Waals surface area contributed by atoms with Crippen molar-refractivity contribution in [3.8, 4) is 0 Å². The largest absolute Gasteiger partial charge is 0.443 e. The van der Waals surface area contributed by atoms with Gasteiger partial charge in [0.05, 0.1) is 0 Å². The number of pyridine rings is 1. The summed E-state index contributed by atoms with van der Waals surface area (Å²) in [6.07, 6.45) is 4.57. The first kappa shape index (κ1) is 17.7. The molecular weight excluding hydrogens is 290 g/mol. The van der Waals surface area contributed by atoms with Crippen molar-refractivity contribution in [1.82, 2.24) is 9.88 Å². The maximum Gasteiger partial charge on any atom is 0.416 e. The molecule has 1 atom stereocenters. The minimum Gasteiger partial charge on any atom is -0.443 e. The summed E-state index contributed by atoms with van der Waals surface area (Å²) in [5.41, 5.74) is 0.606. The van der Waals surface area contributed by atoms with Gasteiger partial charge in [0.15, 0.2) is 0 Å². The number of nitrogens with zero attached hydrogens (tertiary/aromatic N) is 3. The highest BCUT2D eigenvalue weighted by Gasteiger charge is 2.30. The molecule has 2 rings (SSSR count). The molecule has 5 heteroatoms. The van der Waals surface area contributed by atoms with Gasteiger partial charge < -0.3 is 4.74 Å². The summed E-state index contributed by atoms with van der Waals surface area (Å²) >= 11 is 0. The lowest BCUT2D eigenvalue weighted by Crippen LogP contribution is -2.38. The van der Waals surface area contributed by atoms with E-state index in [0.29, 0.717) is 12.6 Å². The zero-order valence-corrected chi connectivity index (χ0v) is 15.0. The highest BCUT2D eigenvalue weighted by Crippen LogP contribution is 2.35. The van der Waals surface area contributed by atoms with Crippen LogP contribution in [-0.4, -0.2) is 41.7 Å². The Morgan fingerprint density at radius 2 is 2.22 bits per heavy atom. The van der Waals surface area contributed by atoms with Crippen molar-refractivity contribution in [2.24, 2.45) is 0 Å². The number of carbonyl (C=O) groups excluding carboxylic acids is 1. The smallest absolute Gasteiger partial charge is 0.416 e. The Hall–Kier alpha value is -1.62. The third-order valence-electron chi connectivity index (χ3n) is 4.01. The molecule has 0 aliphatic carbocycles. The van der Waals surface area contributed by atoms with Crippen molar-refractivity contribution in [2.45, 2.75) is 58.6 Å². The fourth-order valence-corrected chi connectivity index (χ4v) is 3.02. The van der Waals surface area contributed by atoms with E-state index in [1.807, 2.05) is 26.8 Å². The summed E-state index contributed by atoms with van der Waals surface area (Å²) in [5.74, 6) is 0.738. The van der Waals surface area contributed by atoms with Crippen molar-refractivity contribution in [1.29, 1.82) is 0 Å². The summed E-state index contributed by atoms with van der Waals surface area (Å²) in [7, 11) is 2.13. The zero-order chi connectivity index (χ0) is 17.0. The van der Waals surface area contributed by atoms with E-state index in [-0.39, 0.29) is 6.09 Å². The van der Waals surface area contributed by atoms with Gasteiger partial charge in [0.25, 0.3) is 0 Å². The fourth-order valence-electron chi connectivity index (χ4n) is 3.02. The van der Waals surface area contributed by atoms with Gasteiger partial charge in [0.1, 0.15) is 11.4 Å². The molecule has 0 radical (unpaired) electrons. The lowest BCUT2D eigenvalue weighted by Gasteiger charge is -2.30. The maximum absolute atomic E-state index is 12.6. The molecule has 1 aromatic heterocycles. The first-order valence-corrected chi connectivity index (χ1v) is 8.49. The van der Waals surface area contributed by atoms with Gasteiger partial charge in [-0.3, -0.25) is 9.80 Å². The van der Waals surface area contributed by atoms with Crippen LogP contribution in [0.2, 0.25) is 0 Å². The van der Waals surface area contributed by atoms with E-state index in [9.17, 15) is 4.79 Å². The third-order valence-corrected chi connectivity index (χ3v) is 4.01. The van der Waals surface area contributed by atoms with Crippen molar-refractivity contribution in [3.05, 3.63) is 23.9 Å². The normalized spacial score (nSPS) is 18.9. The summed E-state index contributed by atoms with van der Waals surface area (Å²) in [5, 5.41) is 0. The molecule has 1 aromatic rings. The van der Waals surface area contributed by atoms with Gasteiger partial charge in [-0.1, -0.05) is 13.0 Å². The Labute approximate surface area is 139 Å². The lowest BCUT2D eigenvalue weighted by molar-refractivity contribution is 0.0578. The minimum atomic E-state index is -0.512. The second-order valence-electron chi connectivity index (χ2n) is 7.19. The quantitative estimate of drug-likeness (QED) is 0.841. The van der Waals surface area contributed by atoms with Crippen LogP contribution in [0.4, 0.5) is 10.6 Å². The Balaban J connectivity index is 2.34. The van der Waals surface area contributed by atoms with E-state index in [2.05, 4.69) is 29.9 Å². The van der Waals surface area contributed by atoms with Crippen LogP contribution in [-0.2, 0) is 4.74 Å². The number of anilines is 1. The average molecular weight is 319 g/mol. The molecule has 1 saturated heterocycles. The number of hydrogen-bond acceptors (Lipinski definition) is 4. The molecule has 1 aliphatic rings. The Morgan fingerprint density at radius 3 is 2.78 bits per heavy atom. The zero-order valence-electron chi connectivity index (χ0n) is 15.0. The minimum absolute atomic E-state index is 0.319. The van der Waals surface area contributed by atoms with E-state index < -0.39 is 5.60 Å². The highest BCUT2D eigenvalue weighted by molar-refractivity contribution is 5.87. The molecule has 0 aromatic carbocycles. The number of amides is 1. The van der Waals surface area contributed by atoms with E-state index in [0.717, 1.165) is 30.8 Å². The fraction of sp³-hybridized carbons (Fsp3) is 0.667. The molecule has 23 heavy (non-hydrogen) atoms. The van der Waals surface area contributed by atoms with Crippen LogP contribution in [0.3, 0.4) is 0 Å². The number of ether oxygens (including phenoxy) is 1. The molecule has 1 aliphatic heterocycles. The number of hydrogen-bond donors (Lipinski definition) is 0. The molecule has 0 bridgehead atoms. The van der Waals surface area contributed by atoms with Gasteiger partial charge in [0, 0.05) is 24.3 Å². The van der Waals surface area contributed by atoms with E-state index >= 15 is 0 Å². The van der Waals surface area contributed by atoms with Gasteiger partial charge >= 0.3 is 6.09 Å². The molecule has 0 spiro atoms. The van der Waals surface area contributed by atoms with Gasteiger partial charge in [-0.05, 0) is 59.7 Å². The SMILES string of the molecule is CCCN(C(=O)OC(C)(C)C)c1ncccc1[C@@H]1CCCN1C. The summed E-state index contributed by atoms with van der Waals surface area (Å²) in [6, 6.07) is 4.35. The Bertz CT molecular complexity index is 539. The molecule has 128 valence electrons.